The number of hydrogen-bond donors (Lipinski definition) is 1. The van der Waals surface area contributed by atoms with E-state index in [1.807, 2.05) is 0 Å². The van der Waals surface area contributed by atoms with E-state index in [4.69, 9.17) is 0 Å². The predicted octanol–water partition coefficient (Wildman–Crippen LogP) is 4.13. The average Bonchev–Trinajstić information content (AvgIpc) is 3.06. The molecule has 4 saturated carbocycles. The second-order valence-electron chi connectivity index (χ2n) is 8.87. The molecule has 5 aliphatic rings. The Morgan fingerprint density at radius 1 is 1.16 bits per heavy atom. The van der Waals surface area contributed by atoms with Crippen LogP contribution in [0, 0.1) is 17.3 Å². The Kier molecular flexibility index (Phi) is 3.74. The van der Waals surface area contributed by atoms with Gasteiger partial charge in [0.2, 0.25) is 5.91 Å². The van der Waals surface area contributed by atoms with E-state index in [2.05, 4.69) is 40.6 Å². The fraction of sp³-hybridized carbons (Fsp3) is 0.619. The van der Waals surface area contributed by atoms with E-state index >= 15 is 0 Å². The van der Waals surface area contributed by atoms with Gasteiger partial charge >= 0.3 is 0 Å². The first-order valence-electron chi connectivity index (χ1n) is 9.68. The number of amides is 1. The fourth-order valence-corrected chi connectivity index (χ4v) is 7.45. The molecule has 1 aliphatic heterocycles. The van der Waals surface area contributed by atoms with Crippen LogP contribution in [0.15, 0.2) is 35.3 Å². The topological polar surface area (TPSA) is 41.5 Å². The Hall–Kier alpha value is -1.29. The van der Waals surface area contributed by atoms with Gasteiger partial charge in [-0.05, 0) is 66.8 Å². The zero-order valence-corrected chi connectivity index (χ0v) is 15.5. The first kappa shape index (κ1) is 15.9. The maximum absolute atomic E-state index is 12.7. The van der Waals surface area contributed by atoms with Crippen LogP contribution in [-0.2, 0) is 10.2 Å². The van der Waals surface area contributed by atoms with Crippen LogP contribution < -0.4 is 5.32 Å². The lowest BCUT2D eigenvalue weighted by molar-refractivity contribution is -0.129. The van der Waals surface area contributed by atoms with Crippen molar-refractivity contribution in [1.29, 1.82) is 0 Å². The van der Waals surface area contributed by atoms with Crippen molar-refractivity contribution >= 4 is 22.8 Å². The number of rotatable bonds is 3. The van der Waals surface area contributed by atoms with Gasteiger partial charge in [-0.1, -0.05) is 42.1 Å². The molecule has 1 aromatic rings. The molecule has 1 N–H and O–H groups in total. The number of carbonyl (C=O) groups is 1. The summed E-state index contributed by atoms with van der Waals surface area (Å²) >= 11 is 1.68. The number of amidine groups is 1. The average molecular weight is 355 g/mol. The zero-order chi connectivity index (χ0) is 16.9. The van der Waals surface area contributed by atoms with Crippen LogP contribution in [-0.4, -0.2) is 23.4 Å². The van der Waals surface area contributed by atoms with E-state index in [0.29, 0.717) is 11.8 Å². The lowest BCUT2D eigenvalue weighted by atomic mass is 9.42. The fourth-order valence-electron chi connectivity index (χ4n) is 6.70. The van der Waals surface area contributed by atoms with E-state index in [9.17, 15) is 4.79 Å². The number of nitrogens with zero attached hydrogens (tertiary/aromatic N) is 1. The minimum atomic E-state index is 0.193. The summed E-state index contributed by atoms with van der Waals surface area (Å²) in [5.74, 6) is 2.82. The number of thioether (sulfide) groups is 1. The summed E-state index contributed by atoms with van der Waals surface area (Å²) in [5.41, 5.74) is 2.06. The van der Waals surface area contributed by atoms with Crippen LogP contribution in [0.25, 0.3) is 0 Å². The summed E-state index contributed by atoms with van der Waals surface area (Å²) in [6.45, 7) is 0.840. The SMILES string of the molecule is O=C(CC12C[C@@H]3C[C@@H](C1)CC(c1ccccc1)(C3)C2)NC1=NCCS1. The van der Waals surface area contributed by atoms with E-state index in [1.165, 1.54) is 44.1 Å². The van der Waals surface area contributed by atoms with Gasteiger partial charge < -0.3 is 5.32 Å². The number of hydrogen-bond acceptors (Lipinski definition) is 3. The molecule has 0 radical (unpaired) electrons. The molecule has 1 heterocycles. The molecule has 6 rings (SSSR count). The first-order chi connectivity index (χ1) is 12.1. The summed E-state index contributed by atoms with van der Waals surface area (Å²) in [5, 5.41) is 3.92. The van der Waals surface area contributed by atoms with Gasteiger partial charge in [0.05, 0.1) is 6.54 Å². The second kappa shape index (κ2) is 5.87. The molecule has 25 heavy (non-hydrogen) atoms. The van der Waals surface area contributed by atoms with Crippen LogP contribution in [0.1, 0.15) is 50.5 Å². The minimum Gasteiger partial charge on any atom is -0.305 e. The molecule has 3 nitrogen and oxygen atoms in total. The Labute approximate surface area is 154 Å². The van der Waals surface area contributed by atoms with Crippen molar-refractivity contribution in [2.24, 2.45) is 22.2 Å². The van der Waals surface area contributed by atoms with E-state index in [-0.39, 0.29) is 11.3 Å². The smallest absolute Gasteiger partial charge is 0.226 e. The minimum absolute atomic E-state index is 0.193. The van der Waals surface area contributed by atoms with Gasteiger partial charge in [-0.2, -0.15) is 0 Å². The van der Waals surface area contributed by atoms with Crippen LogP contribution in [0.2, 0.25) is 0 Å². The van der Waals surface area contributed by atoms with Gasteiger partial charge in [0.1, 0.15) is 0 Å². The third-order valence-corrected chi connectivity index (χ3v) is 7.83. The summed E-state index contributed by atoms with van der Waals surface area (Å²) in [7, 11) is 0. The Morgan fingerprint density at radius 2 is 1.92 bits per heavy atom. The molecule has 0 unspecified atom stereocenters. The van der Waals surface area contributed by atoms with E-state index in [1.54, 1.807) is 11.8 Å². The van der Waals surface area contributed by atoms with Gasteiger partial charge in [-0.25, -0.2) is 0 Å². The second-order valence-corrected chi connectivity index (χ2v) is 9.95. The molecule has 4 bridgehead atoms. The molecular formula is C21H26N2OS. The summed E-state index contributed by atoms with van der Waals surface area (Å²) < 4.78 is 0. The predicted molar refractivity (Wildman–Crippen MR) is 103 cm³/mol. The number of carbonyl (C=O) groups excluding carboxylic acids is 1. The molecule has 4 fully saturated rings. The van der Waals surface area contributed by atoms with Crippen molar-refractivity contribution in [2.75, 3.05) is 12.3 Å². The lowest BCUT2D eigenvalue weighted by Gasteiger charge is -2.62. The molecule has 2 atom stereocenters. The molecule has 4 aliphatic carbocycles. The number of benzene rings is 1. The summed E-state index contributed by atoms with van der Waals surface area (Å²) in [4.78, 5) is 17.1. The van der Waals surface area contributed by atoms with Crippen molar-refractivity contribution < 1.29 is 4.79 Å². The molecule has 0 spiro atoms. The first-order valence-corrected chi connectivity index (χ1v) is 10.7. The van der Waals surface area contributed by atoms with Crippen molar-refractivity contribution in [3.05, 3.63) is 35.9 Å². The molecule has 4 heteroatoms. The standard InChI is InChI=1S/C21H26N2OS/c24-18(23-19-22-6-7-25-19)13-20-9-15-8-16(10-20)12-21(11-15,14-20)17-4-2-1-3-5-17/h1-5,15-16H,6-14H2,(H,22,23,24)/t15-,16-,20?,21?/m0/s1. The molecule has 1 aromatic carbocycles. The zero-order valence-electron chi connectivity index (χ0n) is 14.7. The van der Waals surface area contributed by atoms with Gasteiger partial charge in [0, 0.05) is 12.2 Å². The third-order valence-electron chi connectivity index (χ3n) is 6.94. The van der Waals surface area contributed by atoms with Gasteiger partial charge in [0.15, 0.2) is 5.17 Å². The molecule has 132 valence electrons. The highest BCUT2D eigenvalue weighted by molar-refractivity contribution is 8.14. The quantitative estimate of drug-likeness (QED) is 0.886. The van der Waals surface area contributed by atoms with Crippen LogP contribution >= 0.6 is 11.8 Å². The molecular weight excluding hydrogens is 328 g/mol. The maximum Gasteiger partial charge on any atom is 0.226 e. The third kappa shape index (κ3) is 2.83. The molecule has 0 saturated heterocycles. The Bertz CT molecular complexity index is 700. The van der Waals surface area contributed by atoms with Crippen molar-refractivity contribution in [3.63, 3.8) is 0 Å². The summed E-state index contributed by atoms with van der Waals surface area (Å²) in [6, 6.07) is 11.1. The van der Waals surface area contributed by atoms with Crippen molar-refractivity contribution in [3.8, 4) is 0 Å². The van der Waals surface area contributed by atoms with Crippen LogP contribution in [0.3, 0.4) is 0 Å². The van der Waals surface area contributed by atoms with Crippen LogP contribution in [0.5, 0.6) is 0 Å². The van der Waals surface area contributed by atoms with Crippen molar-refractivity contribution in [2.45, 2.75) is 50.4 Å². The highest BCUT2D eigenvalue weighted by Crippen LogP contribution is 2.66. The van der Waals surface area contributed by atoms with Gasteiger partial charge in [-0.3, -0.25) is 9.79 Å². The van der Waals surface area contributed by atoms with Crippen molar-refractivity contribution in [1.82, 2.24) is 5.32 Å². The maximum atomic E-state index is 12.7. The molecule has 0 aromatic heterocycles. The Balaban J connectivity index is 1.39. The molecule has 1 amide bonds. The highest BCUT2D eigenvalue weighted by Gasteiger charge is 2.58. The summed E-state index contributed by atoms with van der Waals surface area (Å²) in [6.07, 6.45) is 8.45. The van der Waals surface area contributed by atoms with Gasteiger partial charge in [-0.15, -0.1) is 0 Å². The normalized spacial score (nSPS) is 38.6. The highest BCUT2D eigenvalue weighted by atomic mass is 32.2. The largest absolute Gasteiger partial charge is 0.305 e. The Morgan fingerprint density at radius 3 is 2.60 bits per heavy atom. The lowest BCUT2D eigenvalue weighted by Crippen LogP contribution is -2.55. The monoisotopic (exact) mass is 354 g/mol. The van der Waals surface area contributed by atoms with E-state index < -0.39 is 0 Å². The number of nitrogens with one attached hydrogen (secondary N) is 1. The van der Waals surface area contributed by atoms with Crippen LogP contribution in [0.4, 0.5) is 0 Å². The van der Waals surface area contributed by atoms with E-state index in [0.717, 1.165) is 29.3 Å². The number of aliphatic imine (C=N–C) groups is 1. The van der Waals surface area contributed by atoms with Gasteiger partial charge in [0.25, 0.3) is 0 Å².